The van der Waals surface area contributed by atoms with E-state index < -0.39 is 41.1 Å². The van der Waals surface area contributed by atoms with E-state index in [1.165, 1.54) is 36.4 Å². The molecule has 204 valence electrons. The minimum absolute atomic E-state index is 0.0200. The Morgan fingerprint density at radius 3 is 2.38 bits per heavy atom. The highest BCUT2D eigenvalue weighted by atomic mass is 19.4. The summed E-state index contributed by atoms with van der Waals surface area (Å²) in [6.07, 6.45) is -6.91. The lowest BCUT2D eigenvalue weighted by Gasteiger charge is -2.13. The summed E-state index contributed by atoms with van der Waals surface area (Å²) in [5.41, 5.74) is -2.58. The van der Waals surface area contributed by atoms with Crippen LogP contribution in [0.2, 0.25) is 0 Å². The van der Waals surface area contributed by atoms with E-state index in [-0.39, 0.29) is 47.4 Å². The van der Waals surface area contributed by atoms with Crippen molar-refractivity contribution in [3.63, 3.8) is 0 Å². The Balaban J connectivity index is 1.57. The molecule has 0 N–H and O–H groups in total. The van der Waals surface area contributed by atoms with Crippen molar-refractivity contribution in [2.24, 2.45) is 0 Å². The molecule has 0 aliphatic carbocycles. The highest BCUT2D eigenvalue weighted by Gasteiger charge is 2.31. The van der Waals surface area contributed by atoms with Crippen LogP contribution in [0.15, 0.2) is 59.1 Å². The average molecular weight is 548 g/mol. The quantitative estimate of drug-likeness (QED) is 0.160. The molecule has 0 bridgehead atoms. The van der Waals surface area contributed by atoms with E-state index in [0.29, 0.717) is 11.1 Å². The van der Waals surface area contributed by atoms with Gasteiger partial charge in [0.1, 0.15) is 11.2 Å². The van der Waals surface area contributed by atoms with Gasteiger partial charge in [-0.25, -0.2) is 18.2 Å². The van der Waals surface area contributed by atoms with Crippen molar-refractivity contribution in [1.82, 2.24) is 9.97 Å². The summed E-state index contributed by atoms with van der Waals surface area (Å²) in [7, 11) is 0. The first-order valence-corrected chi connectivity index (χ1v) is 11.8. The summed E-state index contributed by atoms with van der Waals surface area (Å²) in [5.74, 6) is -1.39. The predicted octanol–water partition coefficient (Wildman–Crippen LogP) is 7.52. The third-order valence-electron chi connectivity index (χ3n) is 6.04. The number of aryl methyl sites for hydroxylation is 1. The number of alkyl halides is 6. The summed E-state index contributed by atoms with van der Waals surface area (Å²) >= 11 is 0. The lowest BCUT2D eigenvalue weighted by Crippen LogP contribution is -2.26. The Labute approximate surface area is 218 Å². The third kappa shape index (κ3) is 6.52. The monoisotopic (exact) mass is 548 g/mol. The number of pyridine rings is 1. The molecule has 4 aromatic rings. The number of carbonyl (C=O) groups is 2. The summed E-state index contributed by atoms with van der Waals surface area (Å²) in [6.45, 7) is 2.24. The molecule has 5 nitrogen and oxygen atoms in total. The first kappa shape index (κ1) is 28.0. The van der Waals surface area contributed by atoms with Crippen molar-refractivity contribution in [2.75, 3.05) is 0 Å². The van der Waals surface area contributed by atoms with E-state index in [1.807, 2.05) is 0 Å². The van der Waals surface area contributed by atoms with Gasteiger partial charge in [-0.3, -0.25) is 14.6 Å². The molecule has 2 aromatic heterocycles. The molecule has 11 heteroatoms. The van der Waals surface area contributed by atoms with Crippen LogP contribution in [-0.4, -0.2) is 27.2 Å². The second kappa shape index (κ2) is 10.6. The first-order valence-electron chi connectivity index (χ1n) is 11.8. The summed E-state index contributed by atoms with van der Waals surface area (Å²) in [6, 6.07) is 10.2. The van der Waals surface area contributed by atoms with E-state index in [9.17, 15) is 35.9 Å². The molecule has 0 aliphatic rings. The van der Waals surface area contributed by atoms with Crippen LogP contribution >= 0.6 is 0 Å². The van der Waals surface area contributed by atoms with Crippen LogP contribution in [0.25, 0.3) is 22.6 Å². The fraction of sp³-hybridized carbons (Fsp3) is 0.286. The van der Waals surface area contributed by atoms with Crippen LogP contribution in [0.3, 0.4) is 0 Å². The zero-order valence-corrected chi connectivity index (χ0v) is 20.8. The second-order valence-electron chi connectivity index (χ2n) is 9.47. The van der Waals surface area contributed by atoms with Crippen LogP contribution in [0.1, 0.15) is 59.4 Å². The van der Waals surface area contributed by atoms with Gasteiger partial charge in [0.2, 0.25) is 5.89 Å². The van der Waals surface area contributed by atoms with Gasteiger partial charge in [-0.2, -0.15) is 13.2 Å². The Morgan fingerprint density at radius 2 is 1.72 bits per heavy atom. The predicted molar refractivity (Wildman–Crippen MR) is 130 cm³/mol. The fourth-order valence-electron chi connectivity index (χ4n) is 3.92. The van der Waals surface area contributed by atoms with E-state index in [4.69, 9.17) is 4.42 Å². The molecule has 0 spiro atoms. The number of halogens is 6. The highest BCUT2D eigenvalue weighted by molar-refractivity contribution is 5.99. The number of fused-ring (bicyclic) bond motifs is 1. The maximum Gasteiger partial charge on any atom is 0.416 e. The second-order valence-corrected chi connectivity index (χ2v) is 9.47. The summed E-state index contributed by atoms with van der Waals surface area (Å²) in [4.78, 5) is 32.9. The minimum Gasteiger partial charge on any atom is -0.436 e. The van der Waals surface area contributed by atoms with Gasteiger partial charge in [-0.1, -0.05) is 12.1 Å². The zero-order valence-electron chi connectivity index (χ0n) is 20.8. The molecule has 0 aliphatic heterocycles. The van der Waals surface area contributed by atoms with Crippen molar-refractivity contribution in [3.8, 4) is 11.5 Å². The molecule has 4 rings (SSSR count). The number of oxazole rings is 1. The molecule has 0 radical (unpaired) electrons. The lowest BCUT2D eigenvalue weighted by atomic mass is 9.96. The SMILES string of the molecule is CC(C)(F)C(=O)CCc1cnc(C(F)F)c(C(=O)Cc2ccc3oc(-c4cccc(C(F)(F)F)c4)nc3c2)c1. The van der Waals surface area contributed by atoms with Gasteiger partial charge >= 0.3 is 6.18 Å². The number of carbonyl (C=O) groups excluding carboxylic acids is 2. The van der Waals surface area contributed by atoms with Crippen LogP contribution in [0, 0.1) is 0 Å². The van der Waals surface area contributed by atoms with Crippen LogP contribution in [0.5, 0.6) is 0 Å². The van der Waals surface area contributed by atoms with E-state index in [2.05, 4.69) is 9.97 Å². The number of hydrogen-bond acceptors (Lipinski definition) is 5. The summed E-state index contributed by atoms with van der Waals surface area (Å²) in [5, 5.41) is 0. The number of aromatic nitrogens is 2. The van der Waals surface area contributed by atoms with Gasteiger partial charge in [-0.05, 0) is 67.8 Å². The average Bonchev–Trinajstić information content (AvgIpc) is 3.29. The lowest BCUT2D eigenvalue weighted by molar-refractivity contribution is -0.137. The minimum atomic E-state index is -4.54. The standard InChI is InChI=1S/C28H22F6N2O3/c1-27(2,31)23(38)9-7-16-10-19(24(25(29)30)35-14-16)21(37)12-15-6-8-22-20(11-15)36-26(39-22)17-4-3-5-18(13-17)28(32,33)34/h3-6,8,10-11,13-14,25H,7,9,12H2,1-2H3. The highest BCUT2D eigenvalue weighted by Crippen LogP contribution is 2.33. The van der Waals surface area contributed by atoms with Gasteiger partial charge in [-0.15, -0.1) is 0 Å². The number of nitrogens with zero attached hydrogens (tertiary/aromatic N) is 2. The van der Waals surface area contributed by atoms with Gasteiger partial charge in [0, 0.05) is 30.2 Å². The Hall–Kier alpha value is -4.02. The Kier molecular flexibility index (Phi) is 7.63. The van der Waals surface area contributed by atoms with Crippen LogP contribution in [0.4, 0.5) is 26.3 Å². The molecule has 0 saturated carbocycles. The smallest absolute Gasteiger partial charge is 0.416 e. The van der Waals surface area contributed by atoms with Gasteiger partial charge in [0.15, 0.2) is 22.8 Å². The fourth-order valence-corrected chi connectivity index (χ4v) is 3.92. The van der Waals surface area contributed by atoms with E-state index >= 15 is 0 Å². The number of benzene rings is 2. The van der Waals surface area contributed by atoms with Crippen molar-refractivity contribution in [3.05, 3.63) is 82.7 Å². The van der Waals surface area contributed by atoms with Crippen molar-refractivity contribution in [1.29, 1.82) is 0 Å². The molecule has 0 unspecified atom stereocenters. The number of ketones is 2. The van der Waals surface area contributed by atoms with E-state index in [1.54, 1.807) is 0 Å². The van der Waals surface area contributed by atoms with Crippen molar-refractivity contribution >= 4 is 22.7 Å². The molecular weight excluding hydrogens is 526 g/mol. The van der Waals surface area contributed by atoms with E-state index in [0.717, 1.165) is 32.2 Å². The number of Topliss-reactive ketones (excluding diaryl/α,β-unsaturated/α-hetero) is 2. The number of rotatable bonds is 9. The molecule has 0 fully saturated rings. The van der Waals surface area contributed by atoms with Gasteiger partial charge in [0.05, 0.1) is 5.56 Å². The molecule has 39 heavy (non-hydrogen) atoms. The molecule has 0 amide bonds. The Bertz CT molecular complexity index is 1540. The summed E-state index contributed by atoms with van der Waals surface area (Å²) < 4.78 is 85.8. The largest absolute Gasteiger partial charge is 0.436 e. The molecule has 0 atom stereocenters. The first-order chi connectivity index (χ1) is 18.2. The molecule has 0 saturated heterocycles. The maximum atomic E-state index is 13.8. The molecule has 2 aromatic carbocycles. The normalized spacial score (nSPS) is 12.3. The number of hydrogen-bond donors (Lipinski definition) is 0. The van der Waals surface area contributed by atoms with Crippen molar-refractivity contribution < 1.29 is 40.3 Å². The van der Waals surface area contributed by atoms with Gasteiger partial charge < -0.3 is 4.42 Å². The Morgan fingerprint density at radius 1 is 0.974 bits per heavy atom. The van der Waals surface area contributed by atoms with Crippen LogP contribution in [-0.2, 0) is 23.8 Å². The van der Waals surface area contributed by atoms with Crippen molar-refractivity contribution in [2.45, 2.75) is 51.4 Å². The van der Waals surface area contributed by atoms with Gasteiger partial charge in [0.25, 0.3) is 6.43 Å². The molecular formula is C28H22F6N2O3. The zero-order chi connectivity index (χ0) is 28.5. The molecule has 2 heterocycles. The topological polar surface area (TPSA) is 73.1 Å². The van der Waals surface area contributed by atoms with Crippen LogP contribution < -0.4 is 0 Å². The third-order valence-corrected chi connectivity index (χ3v) is 6.04. The maximum absolute atomic E-state index is 13.8.